The van der Waals surface area contributed by atoms with Crippen LogP contribution in [0.15, 0.2) is 36.4 Å². The predicted molar refractivity (Wildman–Crippen MR) is 83.6 cm³/mol. The van der Waals surface area contributed by atoms with Crippen molar-refractivity contribution in [3.63, 3.8) is 0 Å². The summed E-state index contributed by atoms with van der Waals surface area (Å²) in [6.45, 7) is 6.39. The topological polar surface area (TPSA) is 43.8 Å². The van der Waals surface area contributed by atoms with Crippen LogP contribution in [0.1, 0.15) is 17.3 Å². The Morgan fingerprint density at radius 3 is 2.52 bits per heavy atom. The molecule has 2 aromatic rings. The number of carbonyl (C=O) groups is 1. The number of nitrogens with zero attached hydrogens (tertiary/aromatic N) is 2. The van der Waals surface area contributed by atoms with Crippen LogP contribution in [-0.2, 0) is 0 Å². The van der Waals surface area contributed by atoms with E-state index in [1.54, 1.807) is 6.07 Å². The molecule has 0 radical (unpaired) electrons. The Kier molecular flexibility index (Phi) is 3.80. The van der Waals surface area contributed by atoms with Gasteiger partial charge in [-0.3, -0.25) is 4.79 Å². The lowest BCUT2D eigenvalue weighted by molar-refractivity contribution is 0.0641. The first-order chi connectivity index (χ1) is 10.2. The highest BCUT2D eigenvalue weighted by molar-refractivity contribution is 6.03. The van der Waals surface area contributed by atoms with Crippen LogP contribution in [0.2, 0.25) is 0 Å². The molecule has 0 aliphatic carbocycles. The third-order valence-corrected chi connectivity index (χ3v) is 4.24. The van der Waals surface area contributed by atoms with Crippen LogP contribution >= 0.6 is 0 Å². The second kappa shape index (κ2) is 5.74. The van der Waals surface area contributed by atoms with Crippen LogP contribution in [0.4, 0.5) is 0 Å². The quantitative estimate of drug-likeness (QED) is 0.920. The molecular weight excluding hydrogens is 264 g/mol. The molecule has 110 valence electrons. The Labute approximate surface area is 124 Å². The number of likely N-dealkylation sites (N-methyl/N-ethyl adjacent to an activating group) is 1. The summed E-state index contributed by atoms with van der Waals surface area (Å²) in [5, 5.41) is 12.1. The zero-order valence-electron chi connectivity index (χ0n) is 12.2. The van der Waals surface area contributed by atoms with E-state index in [-0.39, 0.29) is 11.7 Å². The van der Waals surface area contributed by atoms with Gasteiger partial charge in [-0.25, -0.2) is 0 Å². The second-order valence-corrected chi connectivity index (χ2v) is 5.41. The molecule has 1 aliphatic rings. The lowest BCUT2D eigenvalue weighted by Gasteiger charge is -2.34. The minimum absolute atomic E-state index is 0.0750. The maximum Gasteiger partial charge on any atom is 0.257 e. The van der Waals surface area contributed by atoms with E-state index in [0.717, 1.165) is 43.5 Å². The van der Waals surface area contributed by atoms with Crippen molar-refractivity contribution in [3.8, 4) is 5.75 Å². The van der Waals surface area contributed by atoms with E-state index in [0.29, 0.717) is 5.56 Å². The van der Waals surface area contributed by atoms with Gasteiger partial charge in [0.2, 0.25) is 0 Å². The Balaban J connectivity index is 1.87. The standard InChI is InChI=1S/C17H20N2O2/c1-2-18-9-11-19(12-10-18)17(21)15-8-7-13-5-3-4-6-14(13)16(15)20/h3-8,20H,2,9-12H2,1H3. The Morgan fingerprint density at radius 1 is 1.10 bits per heavy atom. The highest BCUT2D eigenvalue weighted by atomic mass is 16.3. The summed E-state index contributed by atoms with van der Waals surface area (Å²) in [6, 6.07) is 11.2. The van der Waals surface area contributed by atoms with Gasteiger partial charge in [-0.1, -0.05) is 37.3 Å². The van der Waals surface area contributed by atoms with Crippen LogP contribution in [0, 0.1) is 0 Å². The summed E-state index contributed by atoms with van der Waals surface area (Å²) in [7, 11) is 0. The molecule has 21 heavy (non-hydrogen) atoms. The molecule has 4 nitrogen and oxygen atoms in total. The van der Waals surface area contributed by atoms with E-state index in [1.807, 2.05) is 35.2 Å². The third kappa shape index (κ3) is 2.59. The monoisotopic (exact) mass is 284 g/mol. The maximum absolute atomic E-state index is 12.6. The number of carbonyl (C=O) groups excluding carboxylic acids is 1. The number of benzene rings is 2. The van der Waals surface area contributed by atoms with Crippen LogP contribution < -0.4 is 0 Å². The van der Waals surface area contributed by atoms with E-state index < -0.39 is 0 Å². The Bertz CT molecular complexity index is 661. The van der Waals surface area contributed by atoms with Gasteiger partial charge in [0, 0.05) is 31.6 Å². The minimum atomic E-state index is -0.0750. The summed E-state index contributed by atoms with van der Waals surface area (Å²) < 4.78 is 0. The molecule has 4 heteroatoms. The first-order valence-corrected chi connectivity index (χ1v) is 7.43. The highest BCUT2D eigenvalue weighted by Crippen LogP contribution is 2.29. The molecule has 1 N–H and O–H groups in total. The molecule has 0 spiro atoms. The van der Waals surface area contributed by atoms with Crippen molar-refractivity contribution >= 4 is 16.7 Å². The summed E-state index contributed by atoms with van der Waals surface area (Å²) >= 11 is 0. The van der Waals surface area contributed by atoms with Crippen LogP contribution in [-0.4, -0.2) is 53.5 Å². The van der Waals surface area contributed by atoms with Crippen molar-refractivity contribution in [1.29, 1.82) is 0 Å². The summed E-state index contributed by atoms with van der Waals surface area (Å²) in [6.07, 6.45) is 0. The fourth-order valence-corrected chi connectivity index (χ4v) is 2.87. The molecule has 0 unspecified atom stereocenters. The minimum Gasteiger partial charge on any atom is -0.506 e. The number of fused-ring (bicyclic) bond motifs is 1. The molecule has 3 rings (SSSR count). The lowest BCUT2D eigenvalue weighted by Crippen LogP contribution is -2.48. The van der Waals surface area contributed by atoms with Gasteiger partial charge in [-0.15, -0.1) is 0 Å². The molecule has 0 atom stereocenters. The van der Waals surface area contributed by atoms with Gasteiger partial charge < -0.3 is 14.9 Å². The summed E-state index contributed by atoms with van der Waals surface area (Å²) in [5.74, 6) is 0.0185. The number of aromatic hydroxyl groups is 1. The second-order valence-electron chi connectivity index (χ2n) is 5.41. The van der Waals surface area contributed by atoms with Gasteiger partial charge in [0.15, 0.2) is 0 Å². The van der Waals surface area contributed by atoms with E-state index in [4.69, 9.17) is 0 Å². The first-order valence-electron chi connectivity index (χ1n) is 7.43. The van der Waals surface area contributed by atoms with Crippen LogP contribution in [0.25, 0.3) is 10.8 Å². The van der Waals surface area contributed by atoms with E-state index in [9.17, 15) is 9.90 Å². The van der Waals surface area contributed by atoms with E-state index in [2.05, 4.69) is 11.8 Å². The summed E-state index contributed by atoms with van der Waals surface area (Å²) in [4.78, 5) is 16.8. The van der Waals surface area contributed by atoms with Gasteiger partial charge in [0.1, 0.15) is 5.75 Å². The molecule has 1 amide bonds. The van der Waals surface area contributed by atoms with Gasteiger partial charge in [0.05, 0.1) is 5.56 Å². The normalized spacial score (nSPS) is 16.3. The Morgan fingerprint density at radius 2 is 1.81 bits per heavy atom. The average Bonchev–Trinajstić information content (AvgIpc) is 2.55. The fraction of sp³-hybridized carbons (Fsp3) is 0.353. The van der Waals surface area contributed by atoms with Gasteiger partial charge in [0.25, 0.3) is 5.91 Å². The lowest BCUT2D eigenvalue weighted by atomic mass is 10.0. The van der Waals surface area contributed by atoms with Crippen LogP contribution in [0.3, 0.4) is 0 Å². The zero-order chi connectivity index (χ0) is 14.8. The van der Waals surface area contributed by atoms with Gasteiger partial charge >= 0.3 is 0 Å². The number of amides is 1. The SMILES string of the molecule is CCN1CCN(C(=O)c2ccc3ccccc3c2O)CC1. The van der Waals surface area contributed by atoms with Crippen LogP contribution in [0.5, 0.6) is 5.75 Å². The molecule has 2 aromatic carbocycles. The van der Waals surface area contributed by atoms with Crippen molar-refractivity contribution in [1.82, 2.24) is 9.80 Å². The van der Waals surface area contributed by atoms with Crippen molar-refractivity contribution in [2.75, 3.05) is 32.7 Å². The van der Waals surface area contributed by atoms with Gasteiger partial charge in [-0.05, 0) is 18.0 Å². The molecule has 1 saturated heterocycles. The number of hydrogen-bond donors (Lipinski definition) is 1. The number of piperazine rings is 1. The number of phenols is 1. The first kappa shape index (κ1) is 13.9. The molecule has 1 fully saturated rings. The zero-order valence-corrected chi connectivity index (χ0v) is 12.2. The number of hydrogen-bond acceptors (Lipinski definition) is 3. The number of rotatable bonds is 2. The Hall–Kier alpha value is -2.07. The van der Waals surface area contributed by atoms with Gasteiger partial charge in [-0.2, -0.15) is 0 Å². The molecule has 0 aromatic heterocycles. The smallest absolute Gasteiger partial charge is 0.257 e. The van der Waals surface area contributed by atoms with Crippen molar-refractivity contribution in [2.45, 2.75) is 6.92 Å². The van der Waals surface area contributed by atoms with E-state index >= 15 is 0 Å². The average molecular weight is 284 g/mol. The summed E-state index contributed by atoms with van der Waals surface area (Å²) in [5.41, 5.74) is 0.402. The third-order valence-electron chi connectivity index (χ3n) is 4.24. The molecule has 1 aliphatic heterocycles. The van der Waals surface area contributed by atoms with Crippen molar-refractivity contribution < 1.29 is 9.90 Å². The van der Waals surface area contributed by atoms with E-state index in [1.165, 1.54) is 0 Å². The molecule has 1 heterocycles. The molecular formula is C17H20N2O2. The van der Waals surface area contributed by atoms with Crippen molar-refractivity contribution in [3.05, 3.63) is 42.0 Å². The number of phenolic OH excluding ortho intramolecular Hbond substituents is 1. The predicted octanol–water partition coefficient (Wildman–Crippen LogP) is 2.32. The highest BCUT2D eigenvalue weighted by Gasteiger charge is 2.23. The van der Waals surface area contributed by atoms with Crippen molar-refractivity contribution in [2.24, 2.45) is 0 Å². The largest absolute Gasteiger partial charge is 0.506 e. The molecule has 0 saturated carbocycles. The fourth-order valence-electron chi connectivity index (χ4n) is 2.87. The maximum atomic E-state index is 12.6. The molecule has 0 bridgehead atoms.